The van der Waals surface area contributed by atoms with Gasteiger partial charge >= 0.3 is 0 Å². The van der Waals surface area contributed by atoms with Crippen LogP contribution in [0.5, 0.6) is 0 Å². The van der Waals surface area contributed by atoms with Crippen LogP contribution in [0.1, 0.15) is 6.42 Å². The van der Waals surface area contributed by atoms with E-state index < -0.39 is 0 Å². The van der Waals surface area contributed by atoms with Crippen molar-refractivity contribution in [1.29, 1.82) is 0 Å². The Balaban J connectivity index is 1.87. The summed E-state index contributed by atoms with van der Waals surface area (Å²) in [5.74, 6) is 1.03. The summed E-state index contributed by atoms with van der Waals surface area (Å²) >= 11 is 3.50. The average Bonchev–Trinajstić information content (AvgIpc) is 2.86. The maximum absolute atomic E-state index is 11.3. The van der Waals surface area contributed by atoms with Crippen LogP contribution < -0.4 is 4.90 Å². The van der Waals surface area contributed by atoms with Crippen molar-refractivity contribution in [3.63, 3.8) is 0 Å². The Morgan fingerprint density at radius 3 is 2.58 bits per heavy atom. The highest BCUT2D eigenvalue weighted by molar-refractivity contribution is 9.10. The molecule has 2 heterocycles. The average molecular weight is 318 g/mol. The third-order valence-electron chi connectivity index (χ3n) is 3.15. The van der Waals surface area contributed by atoms with Crippen molar-refractivity contribution in [3.05, 3.63) is 40.9 Å². The SMILES string of the molecule is O=C1CCN(c2ccc(-c3ccccc3Br)nn2)C1. The number of anilines is 1. The molecular weight excluding hydrogens is 306 g/mol. The molecule has 0 atom stereocenters. The molecule has 4 nitrogen and oxygen atoms in total. The van der Waals surface area contributed by atoms with Crippen LogP contribution in [0.4, 0.5) is 5.82 Å². The molecule has 1 fully saturated rings. The van der Waals surface area contributed by atoms with Crippen molar-refractivity contribution < 1.29 is 4.79 Å². The van der Waals surface area contributed by atoms with E-state index in [2.05, 4.69) is 26.1 Å². The quantitative estimate of drug-likeness (QED) is 0.854. The number of rotatable bonds is 2. The number of halogens is 1. The summed E-state index contributed by atoms with van der Waals surface area (Å²) < 4.78 is 0.994. The maximum atomic E-state index is 11.3. The number of benzene rings is 1. The van der Waals surface area contributed by atoms with E-state index in [1.807, 2.05) is 41.3 Å². The molecule has 2 aromatic rings. The Morgan fingerprint density at radius 2 is 1.95 bits per heavy atom. The topological polar surface area (TPSA) is 46.1 Å². The fourth-order valence-corrected chi connectivity index (χ4v) is 2.62. The van der Waals surface area contributed by atoms with Crippen LogP contribution in [0.15, 0.2) is 40.9 Å². The van der Waals surface area contributed by atoms with E-state index in [9.17, 15) is 4.79 Å². The Morgan fingerprint density at radius 1 is 1.11 bits per heavy atom. The number of ketones is 1. The fraction of sp³-hybridized carbons (Fsp3) is 0.214. The van der Waals surface area contributed by atoms with E-state index in [4.69, 9.17) is 0 Å². The second kappa shape index (κ2) is 5.09. The van der Waals surface area contributed by atoms with Gasteiger partial charge in [-0.15, -0.1) is 10.2 Å². The van der Waals surface area contributed by atoms with Crippen LogP contribution in [0.25, 0.3) is 11.3 Å². The van der Waals surface area contributed by atoms with E-state index in [1.54, 1.807) is 0 Å². The number of hydrogen-bond acceptors (Lipinski definition) is 4. The molecule has 0 amide bonds. The molecule has 0 bridgehead atoms. The molecule has 0 spiro atoms. The van der Waals surface area contributed by atoms with Gasteiger partial charge in [-0.2, -0.15) is 0 Å². The molecule has 96 valence electrons. The first-order valence-electron chi connectivity index (χ1n) is 6.09. The molecule has 1 saturated heterocycles. The van der Waals surface area contributed by atoms with Gasteiger partial charge in [-0.1, -0.05) is 34.1 Å². The largest absolute Gasteiger partial charge is 0.347 e. The van der Waals surface area contributed by atoms with E-state index in [0.29, 0.717) is 13.0 Å². The van der Waals surface area contributed by atoms with Crippen molar-refractivity contribution in [2.75, 3.05) is 18.0 Å². The summed E-state index contributed by atoms with van der Waals surface area (Å²) in [6, 6.07) is 11.8. The van der Waals surface area contributed by atoms with Gasteiger partial charge in [-0.25, -0.2) is 0 Å². The van der Waals surface area contributed by atoms with E-state index in [0.717, 1.165) is 28.1 Å². The number of carbonyl (C=O) groups is 1. The zero-order valence-electron chi connectivity index (χ0n) is 10.2. The van der Waals surface area contributed by atoms with Gasteiger partial charge in [0.15, 0.2) is 11.6 Å². The van der Waals surface area contributed by atoms with Crippen LogP contribution in [0.3, 0.4) is 0 Å². The molecule has 0 unspecified atom stereocenters. The van der Waals surface area contributed by atoms with Gasteiger partial charge < -0.3 is 4.90 Å². The molecule has 1 aliphatic heterocycles. The first kappa shape index (κ1) is 12.3. The molecule has 1 aromatic heterocycles. The Hall–Kier alpha value is -1.75. The lowest BCUT2D eigenvalue weighted by Crippen LogP contribution is -2.21. The number of Topliss-reactive ketones (excluding diaryl/α,β-unsaturated/α-hetero) is 1. The molecule has 19 heavy (non-hydrogen) atoms. The third kappa shape index (κ3) is 2.51. The summed E-state index contributed by atoms with van der Waals surface area (Å²) in [5, 5.41) is 8.46. The van der Waals surface area contributed by atoms with Crippen molar-refractivity contribution in [1.82, 2.24) is 10.2 Å². The zero-order chi connectivity index (χ0) is 13.2. The standard InChI is InChI=1S/C14H12BrN3O/c15-12-4-2-1-3-11(12)13-5-6-14(17-16-13)18-8-7-10(19)9-18/h1-6H,7-9H2. The summed E-state index contributed by atoms with van der Waals surface area (Å²) in [4.78, 5) is 13.2. The number of nitrogens with zero attached hydrogens (tertiary/aromatic N) is 3. The van der Waals surface area contributed by atoms with Crippen molar-refractivity contribution in [2.24, 2.45) is 0 Å². The van der Waals surface area contributed by atoms with Gasteiger partial charge in [-0.3, -0.25) is 4.79 Å². The lowest BCUT2D eigenvalue weighted by molar-refractivity contribution is -0.116. The van der Waals surface area contributed by atoms with Crippen molar-refractivity contribution in [3.8, 4) is 11.3 Å². The first-order valence-corrected chi connectivity index (χ1v) is 6.88. The van der Waals surface area contributed by atoms with E-state index in [1.165, 1.54) is 0 Å². The predicted molar refractivity (Wildman–Crippen MR) is 77.0 cm³/mol. The van der Waals surface area contributed by atoms with Crippen LogP contribution in [0.2, 0.25) is 0 Å². The molecule has 0 N–H and O–H groups in total. The van der Waals surface area contributed by atoms with Gasteiger partial charge in [0.2, 0.25) is 0 Å². The predicted octanol–water partition coefficient (Wildman–Crippen LogP) is 2.69. The second-order valence-corrected chi connectivity index (χ2v) is 5.32. The van der Waals surface area contributed by atoms with E-state index >= 15 is 0 Å². The summed E-state index contributed by atoms with van der Waals surface area (Å²) in [7, 11) is 0. The molecular formula is C14H12BrN3O. The highest BCUT2D eigenvalue weighted by atomic mass is 79.9. The minimum atomic E-state index is 0.261. The number of aromatic nitrogens is 2. The van der Waals surface area contributed by atoms with Crippen LogP contribution in [-0.2, 0) is 4.79 Å². The maximum Gasteiger partial charge on any atom is 0.153 e. The highest BCUT2D eigenvalue weighted by Crippen LogP contribution is 2.26. The summed E-state index contributed by atoms with van der Waals surface area (Å²) in [5.41, 5.74) is 1.83. The number of hydrogen-bond donors (Lipinski definition) is 0. The highest BCUT2D eigenvalue weighted by Gasteiger charge is 2.20. The molecule has 5 heteroatoms. The minimum Gasteiger partial charge on any atom is -0.347 e. The van der Waals surface area contributed by atoms with Crippen molar-refractivity contribution in [2.45, 2.75) is 6.42 Å². The van der Waals surface area contributed by atoms with Crippen LogP contribution in [0, 0.1) is 0 Å². The summed E-state index contributed by atoms with van der Waals surface area (Å²) in [6.07, 6.45) is 0.605. The van der Waals surface area contributed by atoms with Gasteiger partial charge in [0.25, 0.3) is 0 Å². The minimum absolute atomic E-state index is 0.261. The molecule has 0 saturated carbocycles. The monoisotopic (exact) mass is 317 g/mol. The third-order valence-corrected chi connectivity index (χ3v) is 3.84. The second-order valence-electron chi connectivity index (χ2n) is 4.47. The van der Waals surface area contributed by atoms with Crippen molar-refractivity contribution >= 4 is 27.5 Å². The summed E-state index contributed by atoms with van der Waals surface area (Å²) in [6.45, 7) is 1.19. The van der Waals surface area contributed by atoms with Crippen LogP contribution in [-0.4, -0.2) is 29.1 Å². The molecule has 0 radical (unpaired) electrons. The Kier molecular flexibility index (Phi) is 3.29. The van der Waals surface area contributed by atoms with Gasteiger partial charge in [0.1, 0.15) is 0 Å². The molecule has 1 aromatic carbocycles. The molecule has 3 rings (SSSR count). The lowest BCUT2D eigenvalue weighted by Gasteiger charge is -2.14. The molecule has 0 aliphatic carbocycles. The van der Waals surface area contributed by atoms with E-state index in [-0.39, 0.29) is 5.78 Å². The normalized spacial score (nSPS) is 15.0. The van der Waals surface area contributed by atoms with Gasteiger partial charge in [0.05, 0.1) is 12.2 Å². The first-order chi connectivity index (χ1) is 9.24. The zero-order valence-corrected chi connectivity index (χ0v) is 11.8. The lowest BCUT2D eigenvalue weighted by atomic mass is 10.1. The number of carbonyl (C=O) groups excluding carboxylic acids is 1. The fourth-order valence-electron chi connectivity index (χ4n) is 2.13. The Labute approximate surface area is 119 Å². The van der Waals surface area contributed by atoms with Gasteiger partial charge in [-0.05, 0) is 18.2 Å². The smallest absolute Gasteiger partial charge is 0.153 e. The Bertz CT molecular complexity index is 612. The van der Waals surface area contributed by atoms with Gasteiger partial charge in [0, 0.05) is 23.0 Å². The molecule has 1 aliphatic rings. The van der Waals surface area contributed by atoms with Crippen LogP contribution >= 0.6 is 15.9 Å².